The number of nitrogens with two attached hydrogens (primary N) is 1. The molecule has 0 bridgehead atoms. The van der Waals surface area contributed by atoms with E-state index in [1.54, 1.807) is 17.1 Å². The Morgan fingerprint density at radius 2 is 2.21 bits per heavy atom. The van der Waals surface area contributed by atoms with Gasteiger partial charge in [-0.2, -0.15) is 5.10 Å². The Balaban J connectivity index is 2.83. The number of carbonyl (C=O) groups is 1. The predicted molar refractivity (Wildman–Crippen MR) is 55.2 cm³/mol. The Labute approximate surface area is 84.1 Å². The average Bonchev–Trinajstić information content (AvgIpc) is 2.51. The van der Waals surface area contributed by atoms with Crippen LogP contribution in [0.25, 0.3) is 0 Å². The summed E-state index contributed by atoms with van der Waals surface area (Å²) in [6.07, 6.45) is 3.76. The molecule has 0 aliphatic heterocycles. The number of aromatic nitrogens is 2. The third kappa shape index (κ3) is 2.42. The molecule has 0 fully saturated rings. The van der Waals surface area contributed by atoms with Gasteiger partial charge in [-0.25, -0.2) is 0 Å². The third-order valence-corrected chi connectivity index (χ3v) is 1.96. The zero-order valence-electron chi connectivity index (χ0n) is 8.95. The summed E-state index contributed by atoms with van der Waals surface area (Å²) in [6.45, 7) is 6.51. The number of Topliss-reactive ketones (excluding diaryl/α,β-unsaturated/α-hetero) is 1. The summed E-state index contributed by atoms with van der Waals surface area (Å²) in [5.41, 5.74) is 5.87. The van der Waals surface area contributed by atoms with Crippen molar-refractivity contribution in [2.75, 3.05) is 6.54 Å². The molecule has 0 aliphatic rings. The lowest BCUT2D eigenvalue weighted by molar-refractivity contribution is 0.0985. The number of hydrogen-bond acceptors (Lipinski definition) is 3. The number of hydrogen-bond donors (Lipinski definition) is 1. The molecule has 4 nitrogen and oxygen atoms in total. The van der Waals surface area contributed by atoms with E-state index in [4.69, 9.17) is 5.73 Å². The Morgan fingerprint density at radius 3 is 2.64 bits per heavy atom. The molecule has 0 aromatic carbocycles. The zero-order chi connectivity index (χ0) is 10.8. The van der Waals surface area contributed by atoms with Crippen LogP contribution >= 0.6 is 0 Å². The van der Waals surface area contributed by atoms with Crippen molar-refractivity contribution in [3.05, 3.63) is 18.0 Å². The van der Waals surface area contributed by atoms with Gasteiger partial charge >= 0.3 is 0 Å². The summed E-state index contributed by atoms with van der Waals surface area (Å²) < 4.78 is 1.79. The number of nitrogens with zero attached hydrogens (tertiary/aromatic N) is 2. The van der Waals surface area contributed by atoms with Crippen LogP contribution in [0.1, 0.15) is 37.6 Å². The van der Waals surface area contributed by atoms with Gasteiger partial charge in [-0.1, -0.05) is 0 Å². The van der Waals surface area contributed by atoms with Crippen LogP contribution in [0.3, 0.4) is 0 Å². The van der Waals surface area contributed by atoms with E-state index in [1.165, 1.54) is 0 Å². The van der Waals surface area contributed by atoms with E-state index in [-0.39, 0.29) is 11.3 Å². The van der Waals surface area contributed by atoms with Crippen molar-refractivity contribution >= 4 is 5.78 Å². The third-order valence-electron chi connectivity index (χ3n) is 1.96. The number of rotatable bonds is 3. The fourth-order valence-corrected chi connectivity index (χ4v) is 1.11. The molecule has 1 aromatic heterocycles. The van der Waals surface area contributed by atoms with E-state index in [0.717, 1.165) is 0 Å². The molecule has 0 spiro atoms. The molecular formula is C10H17N3O. The van der Waals surface area contributed by atoms with Crippen molar-refractivity contribution < 1.29 is 4.79 Å². The van der Waals surface area contributed by atoms with Crippen molar-refractivity contribution in [3.8, 4) is 0 Å². The molecule has 4 heteroatoms. The highest BCUT2D eigenvalue weighted by molar-refractivity contribution is 5.95. The van der Waals surface area contributed by atoms with Crippen LogP contribution in [0.4, 0.5) is 0 Å². The molecule has 1 heterocycles. The SMILES string of the molecule is CC(C)(C)n1cc(C(=O)CCN)cn1. The molecule has 2 N–H and O–H groups in total. The van der Waals surface area contributed by atoms with E-state index >= 15 is 0 Å². The Kier molecular flexibility index (Phi) is 3.06. The molecule has 0 atom stereocenters. The van der Waals surface area contributed by atoms with Crippen LogP contribution in [0.2, 0.25) is 0 Å². The lowest BCUT2D eigenvalue weighted by atomic mass is 10.1. The molecule has 0 saturated carbocycles. The van der Waals surface area contributed by atoms with Gasteiger partial charge in [0.25, 0.3) is 0 Å². The molecule has 0 radical (unpaired) electrons. The van der Waals surface area contributed by atoms with Gasteiger partial charge < -0.3 is 5.73 Å². The monoisotopic (exact) mass is 195 g/mol. The highest BCUT2D eigenvalue weighted by Crippen LogP contribution is 2.13. The van der Waals surface area contributed by atoms with E-state index in [2.05, 4.69) is 5.10 Å². The minimum Gasteiger partial charge on any atom is -0.330 e. The molecular weight excluding hydrogens is 178 g/mol. The van der Waals surface area contributed by atoms with Crippen molar-refractivity contribution in [2.45, 2.75) is 32.7 Å². The lowest BCUT2D eigenvalue weighted by Crippen LogP contribution is -2.22. The predicted octanol–water partition coefficient (Wildman–Crippen LogP) is 1.17. The fraction of sp³-hybridized carbons (Fsp3) is 0.600. The Bertz CT molecular complexity index is 322. The molecule has 0 saturated heterocycles. The van der Waals surface area contributed by atoms with Gasteiger partial charge in [0.05, 0.1) is 17.3 Å². The van der Waals surface area contributed by atoms with Crippen LogP contribution in [0.5, 0.6) is 0 Å². The van der Waals surface area contributed by atoms with Gasteiger partial charge in [0.15, 0.2) is 5.78 Å². The first-order chi connectivity index (χ1) is 6.45. The number of carbonyl (C=O) groups excluding carboxylic acids is 1. The maximum atomic E-state index is 11.5. The van der Waals surface area contributed by atoms with Gasteiger partial charge in [-0.05, 0) is 27.3 Å². The lowest BCUT2D eigenvalue weighted by Gasteiger charge is -2.18. The summed E-state index contributed by atoms with van der Waals surface area (Å²) in [5, 5.41) is 4.15. The summed E-state index contributed by atoms with van der Waals surface area (Å²) >= 11 is 0. The molecule has 1 aromatic rings. The standard InChI is InChI=1S/C10H17N3O/c1-10(2,3)13-7-8(6-12-13)9(14)4-5-11/h6-7H,4-5,11H2,1-3H3. The van der Waals surface area contributed by atoms with Gasteiger partial charge in [-0.15, -0.1) is 0 Å². The Hall–Kier alpha value is -1.16. The first kappa shape index (κ1) is 10.9. The van der Waals surface area contributed by atoms with E-state index in [9.17, 15) is 4.79 Å². The average molecular weight is 195 g/mol. The van der Waals surface area contributed by atoms with Crippen LogP contribution in [0.15, 0.2) is 12.4 Å². The van der Waals surface area contributed by atoms with Gasteiger partial charge in [0, 0.05) is 12.6 Å². The van der Waals surface area contributed by atoms with Gasteiger partial charge in [0.2, 0.25) is 0 Å². The zero-order valence-corrected chi connectivity index (χ0v) is 8.95. The van der Waals surface area contributed by atoms with Gasteiger partial charge in [0.1, 0.15) is 0 Å². The smallest absolute Gasteiger partial charge is 0.167 e. The first-order valence-electron chi connectivity index (χ1n) is 4.73. The summed E-state index contributed by atoms with van der Waals surface area (Å²) in [5.74, 6) is 0.0583. The van der Waals surface area contributed by atoms with Crippen LogP contribution < -0.4 is 5.73 Å². The second-order valence-electron chi connectivity index (χ2n) is 4.31. The minimum absolute atomic E-state index is 0.0583. The Morgan fingerprint density at radius 1 is 1.57 bits per heavy atom. The van der Waals surface area contributed by atoms with Crippen molar-refractivity contribution in [2.24, 2.45) is 5.73 Å². The van der Waals surface area contributed by atoms with Crippen LogP contribution in [-0.4, -0.2) is 22.1 Å². The van der Waals surface area contributed by atoms with Crippen molar-refractivity contribution in [1.29, 1.82) is 0 Å². The molecule has 0 unspecified atom stereocenters. The molecule has 0 aliphatic carbocycles. The molecule has 1 rings (SSSR count). The second-order valence-corrected chi connectivity index (χ2v) is 4.31. The molecule has 0 amide bonds. The van der Waals surface area contributed by atoms with E-state index < -0.39 is 0 Å². The first-order valence-corrected chi connectivity index (χ1v) is 4.73. The maximum absolute atomic E-state index is 11.5. The fourth-order valence-electron chi connectivity index (χ4n) is 1.11. The maximum Gasteiger partial charge on any atom is 0.167 e. The highest BCUT2D eigenvalue weighted by atomic mass is 16.1. The summed E-state index contributed by atoms with van der Waals surface area (Å²) in [7, 11) is 0. The van der Waals surface area contributed by atoms with Crippen LogP contribution in [-0.2, 0) is 5.54 Å². The van der Waals surface area contributed by atoms with E-state index in [0.29, 0.717) is 18.5 Å². The van der Waals surface area contributed by atoms with Crippen LogP contribution in [0, 0.1) is 0 Å². The summed E-state index contributed by atoms with van der Waals surface area (Å²) in [6, 6.07) is 0. The largest absolute Gasteiger partial charge is 0.330 e. The second kappa shape index (κ2) is 3.92. The quantitative estimate of drug-likeness (QED) is 0.736. The summed E-state index contributed by atoms with van der Waals surface area (Å²) in [4.78, 5) is 11.5. The topological polar surface area (TPSA) is 60.9 Å². The van der Waals surface area contributed by atoms with Gasteiger partial charge in [-0.3, -0.25) is 9.48 Å². The highest BCUT2D eigenvalue weighted by Gasteiger charge is 2.16. The molecule has 78 valence electrons. The van der Waals surface area contributed by atoms with Crippen molar-refractivity contribution in [3.63, 3.8) is 0 Å². The van der Waals surface area contributed by atoms with Crippen molar-refractivity contribution in [1.82, 2.24) is 9.78 Å². The van der Waals surface area contributed by atoms with E-state index in [1.807, 2.05) is 20.8 Å². The molecule has 14 heavy (non-hydrogen) atoms. The number of ketones is 1. The minimum atomic E-state index is -0.0821. The normalized spacial score (nSPS) is 11.7.